The normalized spacial score (nSPS) is 18.8. The van der Waals surface area contributed by atoms with Crippen LogP contribution in [0.3, 0.4) is 0 Å². The summed E-state index contributed by atoms with van der Waals surface area (Å²) < 4.78 is 5.22. The minimum atomic E-state index is -2.23. The lowest BCUT2D eigenvalue weighted by Crippen LogP contribution is -2.50. The first-order valence-electron chi connectivity index (χ1n) is 9.55. The molecule has 0 saturated heterocycles. The van der Waals surface area contributed by atoms with E-state index in [1.807, 2.05) is 0 Å². The molecule has 1 saturated carbocycles. The molecule has 1 fully saturated rings. The number of rotatable bonds is 7. The van der Waals surface area contributed by atoms with E-state index in [4.69, 9.17) is 15.6 Å². The standard InChI is InChI=1S/C14H15NO7.C6H13N/c16-6-9(11(17)12(18)13(19)14(20)21)22-10-5-7-3-1-2-4-8(7)15-10;7-6-4-2-1-3-5-6/h1-6,9,11-13,15,17-19H,(H,20,21);6H,1-5,7H2/t9-,11+,12-,13-;/m0./s1. The zero-order chi connectivity index (χ0) is 21.4. The number of carboxylic acids is 1. The van der Waals surface area contributed by atoms with Gasteiger partial charge in [-0.1, -0.05) is 37.5 Å². The van der Waals surface area contributed by atoms with Crippen molar-refractivity contribution in [3.8, 4) is 5.88 Å². The largest absolute Gasteiger partial charge is 0.479 e. The number of nitrogens with two attached hydrogens (primary N) is 1. The molecule has 29 heavy (non-hydrogen) atoms. The van der Waals surface area contributed by atoms with Crippen molar-refractivity contribution >= 4 is 23.2 Å². The molecule has 4 atom stereocenters. The maximum atomic E-state index is 11.0. The van der Waals surface area contributed by atoms with Gasteiger partial charge in [-0.15, -0.1) is 0 Å². The number of carboxylic acid groups (broad SMARTS) is 1. The number of aliphatic hydroxyl groups is 3. The number of ether oxygens (including phenoxy) is 1. The van der Waals surface area contributed by atoms with Crippen LogP contribution in [0.15, 0.2) is 30.3 Å². The highest BCUT2D eigenvalue weighted by atomic mass is 16.5. The monoisotopic (exact) mass is 408 g/mol. The Kier molecular flexibility index (Phi) is 8.59. The van der Waals surface area contributed by atoms with Gasteiger partial charge in [0, 0.05) is 23.0 Å². The molecule has 1 aliphatic carbocycles. The van der Waals surface area contributed by atoms with Crippen LogP contribution >= 0.6 is 0 Å². The Labute approximate surface area is 168 Å². The number of benzene rings is 1. The number of H-pyrrole nitrogens is 1. The van der Waals surface area contributed by atoms with E-state index in [9.17, 15) is 24.9 Å². The van der Waals surface area contributed by atoms with E-state index in [-0.39, 0.29) is 12.2 Å². The lowest BCUT2D eigenvalue weighted by Gasteiger charge is -2.24. The Morgan fingerprint density at radius 2 is 1.79 bits per heavy atom. The highest BCUT2D eigenvalue weighted by molar-refractivity contribution is 5.81. The van der Waals surface area contributed by atoms with Gasteiger partial charge in [-0.2, -0.15) is 0 Å². The minimum absolute atomic E-state index is 0.161. The zero-order valence-corrected chi connectivity index (χ0v) is 16.0. The van der Waals surface area contributed by atoms with E-state index in [2.05, 4.69) is 4.98 Å². The molecule has 7 N–H and O–H groups in total. The number of aliphatic carboxylic acids is 1. The molecule has 0 amide bonds. The van der Waals surface area contributed by atoms with Gasteiger partial charge in [0.2, 0.25) is 0 Å². The number of carbonyl (C=O) groups is 2. The van der Waals surface area contributed by atoms with Crippen molar-refractivity contribution in [1.82, 2.24) is 4.98 Å². The highest BCUT2D eigenvalue weighted by Gasteiger charge is 2.36. The predicted molar refractivity (Wildman–Crippen MR) is 105 cm³/mol. The Morgan fingerprint density at radius 1 is 1.14 bits per heavy atom. The molecule has 2 aromatic rings. The van der Waals surface area contributed by atoms with Crippen LogP contribution in [0.4, 0.5) is 0 Å². The molecular weight excluding hydrogens is 380 g/mol. The summed E-state index contributed by atoms with van der Waals surface area (Å²) in [7, 11) is 0. The van der Waals surface area contributed by atoms with Crippen molar-refractivity contribution in [2.75, 3.05) is 0 Å². The third-order valence-electron chi connectivity index (χ3n) is 4.82. The number of aldehydes is 1. The molecule has 0 aliphatic heterocycles. The number of fused-ring (bicyclic) bond motifs is 1. The SMILES string of the molecule is NC1CCCCC1.O=C[C@H](Oc1cc2ccccc2[nH]1)[C@@H](O)[C@H](O)[C@H](O)C(=O)O. The van der Waals surface area contributed by atoms with Gasteiger partial charge >= 0.3 is 5.97 Å². The molecule has 0 unspecified atom stereocenters. The summed E-state index contributed by atoms with van der Waals surface area (Å²) in [4.78, 5) is 24.5. The molecule has 0 spiro atoms. The summed E-state index contributed by atoms with van der Waals surface area (Å²) in [5.41, 5.74) is 6.37. The van der Waals surface area contributed by atoms with Gasteiger partial charge in [-0.25, -0.2) is 4.79 Å². The van der Waals surface area contributed by atoms with Gasteiger partial charge in [0.15, 0.2) is 24.4 Å². The van der Waals surface area contributed by atoms with Gasteiger partial charge in [-0.05, 0) is 18.9 Å². The Hall–Kier alpha value is -2.46. The molecule has 1 aromatic carbocycles. The number of carbonyl (C=O) groups excluding carboxylic acids is 1. The maximum Gasteiger partial charge on any atom is 0.335 e. The van der Waals surface area contributed by atoms with Gasteiger partial charge in [0.25, 0.3) is 0 Å². The van der Waals surface area contributed by atoms with Gasteiger partial charge in [0.1, 0.15) is 12.2 Å². The highest BCUT2D eigenvalue weighted by Crippen LogP contribution is 2.21. The summed E-state index contributed by atoms with van der Waals surface area (Å²) in [6.07, 6.45) is -0.878. The van der Waals surface area contributed by atoms with Crippen LogP contribution in [0.1, 0.15) is 32.1 Å². The molecule has 1 aliphatic rings. The van der Waals surface area contributed by atoms with Crippen LogP contribution in [0, 0.1) is 0 Å². The lowest BCUT2D eigenvalue weighted by atomic mass is 9.97. The smallest absolute Gasteiger partial charge is 0.335 e. The number of aromatic amines is 1. The Bertz CT molecular complexity index is 755. The van der Waals surface area contributed by atoms with E-state index in [1.54, 1.807) is 30.3 Å². The number of aromatic nitrogens is 1. The van der Waals surface area contributed by atoms with Gasteiger partial charge in [0.05, 0.1) is 0 Å². The third-order valence-corrected chi connectivity index (χ3v) is 4.82. The topological polar surface area (TPSA) is 166 Å². The predicted octanol–water partition coefficient (Wildman–Crippen LogP) is 0.559. The summed E-state index contributed by atoms with van der Waals surface area (Å²) in [6.45, 7) is 0. The minimum Gasteiger partial charge on any atom is -0.479 e. The first kappa shape index (κ1) is 22.8. The fraction of sp³-hybridized carbons (Fsp3) is 0.500. The number of hydrogen-bond donors (Lipinski definition) is 6. The van der Waals surface area contributed by atoms with Crippen LogP contribution in [-0.2, 0) is 9.59 Å². The summed E-state index contributed by atoms with van der Waals surface area (Å²) >= 11 is 0. The van der Waals surface area contributed by atoms with Crippen molar-refractivity contribution in [3.63, 3.8) is 0 Å². The number of aliphatic hydroxyl groups excluding tert-OH is 3. The second-order valence-electron chi connectivity index (χ2n) is 7.10. The van der Waals surface area contributed by atoms with Gasteiger partial charge < -0.3 is 35.9 Å². The zero-order valence-electron chi connectivity index (χ0n) is 16.0. The first-order valence-corrected chi connectivity index (χ1v) is 9.55. The quantitative estimate of drug-likeness (QED) is 0.361. The molecule has 9 heteroatoms. The van der Waals surface area contributed by atoms with Crippen molar-refractivity contribution in [1.29, 1.82) is 0 Å². The van der Waals surface area contributed by atoms with Crippen molar-refractivity contribution in [2.24, 2.45) is 5.73 Å². The van der Waals surface area contributed by atoms with Crippen molar-refractivity contribution < 1.29 is 34.8 Å². The van der Waals surface area contributed by atoms with E-state index in [0.29, 0.717) is 6.04 Å². The fourth-order valence-electron chi connectivity index (χ4n) is 3.10. The van der Waals surface area contributed by atoms with Crippen LogP contribution < -0.4 is 10.5 Å². The number of hydrogen-bond acceptors (Lipinski definition) is 7. The third kappa shape index (κ3) is 6.53. The van der Waals surface area contributed by atoms with Crippen LogP contribution in [-0.4, -0.2) is 68.1 Å². The van der Waals surface area contributed by atoms with Gasteiger partial charge in [-0.3, -0.25) is 4.79 Å². The average molecular weight is 408 g/mol. The number of para-hydroxylation sites is 1. The Morgan fingerprint density at radius 3 is 2.31 bits per heavy atom. The molecule has 0 radical (unpaired) electrons. The summed E-state index contributed by atoms with van der Waals surface area (Å²) in [6, 6.07) is 9.29. The number of nitrogens with one attached hydrogen (secondary N) is 1. The second-order valence-corrected chi connectivity index (χ2v) is 7.10. The summed E-state index contributed by atoms with van der Waals surface area (Å²) in [5.74, 6) is -1.56. The Balaban J connectivity index is 0.000000360. The van der Waals surface area contributed by atoms with Crippen LogP contribution in [0.2, 0.25) is 0 Å². The molecule has 160 valence electrons. The average Bonchev–Trinajstić information content (AvgIpc) is 3.14. The molecule has 1 heterocycles. The van der Waals surface area contributed by atoms with Crippen LogP contribution in [0.5, 0.6) is 5.88 Å². The lowest BCUT2D eigenvalue weighted by molar-refractivity contribution is -0.162. The molecule has 3 rings (SSSR count). The van der Waals surface area contributed by atoms with E-state index in [1.165, 1.54) is 32.1 Å². The van der Waals surface area contributed by atoms with Crippen molar-refractivity contribution in [3.05, 3.63) is 30.3 Å². The second kappa shape index (κ2) is 10.9. The molecular formula is C20H28N2O7. The van der Waals surface area contributed by atoms with E-state index in [0.717, 1.165) is 10.9 Å². The first-order chi connectivity index (χ1) is 13.8. The molecule has 9 nitrogen and oxygen atoms in total. The maximum absolute atomic E-state index is 11.0. The van der Waals surface area contributed by atoms with E-state index < -0.39 is 30.4 Å². The van der Waals surface area contributed by atoms with Crippen molar-refractivity contribution in [2.45, 2.75) is 62.6 Å². The fourth-order valence-corrected chi connectivity index (χ4v) is 3.10. The molecule has 1 aromatic heterocycles. The van der Waals surface area contributed by atoms with E-state index >= 15 is 0 Å². The molecule has 0 bridgehead atoms. The van der Waals surface area contributed by atoms with Crippen LogP contribution in [0.25, 0.3) is 10.9 Å². The summed E-state index contributed by atoms with van der Waals surface area (Å²) in [5, 5.41) is 37.9.